The highest BCUT2D eigenvalue weighted by Gasteiger charge is 2.46. The number of hydrogen-bond donors (Lipinski definition) is 0. The fourth-order valence-electron chi connectivity index (χ4n) is 2.93. The zero-order valence-electron chi connectivity index (χ0n) is 13.9. The lowest BCUT2D eigenvalue weighted by Gasteiger charge is -2.18. The van der Waals surface area contributed by atoms with Gasteiger partial charge in [-0.25, -0.2) is 18.7 Å². The van der Waals surface area contributed by atoms with E-state index in [1.165, 1.54) is 11.2 Å². The van der Waals surface area contributed by atoms with Gasteiger partial charge >= 0.3 is 0 Å². The number of anilines is 1. The van der Waals surface area contributed by atoms with Crippen LogP contribution in [0.2, 0.25) is 0 Å². The summed E-state index contributed by atoms with van der Waals surface area (Å²) in [5.74, 6) is 0.319. The monoisotopic (exact) mass is 359 g/mol. The van der Waals surface area contributed by atoms with E-state index in [1.54, 1.807) is 31.4 Å². The van der Waals surface area contributed by atoms with Gasteiger partial charge in [0, 0.05) is 18.5 Å². The van der Waals surface area contributed by atoms with Gasteiger partial charge in [0.05, 0.1) is 19.9 Å². The Balaban J connectivity index is 1.56. The van der Waals surface area contributed by atoms with E-state index in [-0.39, 0.29) is 37.0 Å². The Morgan fingerprint density at radius 1 is 1.27 bits per heavy atom. The van der Waals surface area contributed by atoms with Gasteiger partial charge in [-0.05, 0) is 24.3 Å². The number of hydrogen-bond acceptors (Lipinski definition) is 7. The zero-order chi connectivity index (χ0) is 18.1. The molecule has 4 rings (SSSR count). The van der Waals surface area contributed by atoms with Crippen molar-refractivity contribution in [1.82, 2.24) is 20.1 Å². The van der Waals surface area contributed by atoms with E-state index in [1.807, 2.05) is 0 Å². The molecule has 0 radical (unpaired) electrons. The van der Waals surface area contributed by atoms with E-state index in [0.29, 0.717) is 11.3 Å². The van der Waals surface area contributed by atoms with Crippen LogP contribution >= 0.6 is 0 Å². The Kier molecular flexibility index (Phi) is 3.98. The number of rotatable bonds is 4. The molecule has 1 atom stereocenters. The summed E-state index contributed by atoms with van der Waals surface area (Å²) in [6.45, 7) is 0.163. The van der Waals surface area contributed by atoms with Gasteiger partial charge < -0.3 is 14.2 Å². The molecule has 1 fully saturated rings. The van der Waals surface area contributed by atoms with Crippen LogP contribution in [0.15, 0.2) is 41.3 Å². The summed E-state index contributed by atoms with van der Waals surface area (Å²) < 4.78 is 39.4. The van der Waals surface area contributed by atoms with Gasteiger partial charge in [-0.2, -0.15) is 4.98 Å². The second-order valence-corrected chi connectivity index (χ2v) is 5.98. The van der Waals surface area contributed by atoms with Gasteiger partial charge in [0.1, 0.15) is 12.1 Å². The maximum absolute atomic E-state index is 15.3. The average Bonchev–Trinajstić information content (AvgIpc) is 3.31. The molecule has 2 aromatic heterocycles. The molecule has 1 unspecified atom stereocenters. The molecule has 3 aromatic rings. The third-order valence-corrected chi connectivity index (χ3v) is 4.32. The number of alkyl halides is 1. The molecule has 0 N–H and O–H groups in total. The quantitative estimate of drug-likeness (QED) is 0.709. The molecule has 1 aliphatic heterocycles. The van der Waals surface area contributed by atoms with Gasteiger partial charge in [0.2, 0.25) is 11.5 Å². The molecular weight excluding hydrogens is 344 g/mol. The summed E-state index contributed by atoms with van der Waals surface area (Å²) in [5.41, 5.74) is -1.18. The number of methoxy groups -OCH3 is 1. The average molecular weight is 359 g/mol. The molecule has 134 valence electrons. The molecule has 7 nitrogen and oxygen atoms in total. The van der Waals surface area contributed by atoms with Gasteiger partial charge in [-0.15, -0.1) is 0 Å². The minimum absolute atomic E-state index is 0.0643. The summed E-state index contributed by atoms with van der Waals surface area (Å²) in [6, 6.07) is 7.03. The standard InChI is InChI=1S/C17H15F2N5O2/c1-25-12-4-2-11(3-5-12)14-22-16(26-23-14)17(19)6-7-24(9-17)15-13(18)8-20-10-21-15/h2-5,8,10H,6-7,9H2,1H3. The van der Waals surface area contributed by atoms with Crippen LogP contribution in [-0.2, 0) is 5.67 Å². The second kappa shape index (κ2) is 6.32. The van der Waals surface area contributed by atoms with E-state index in [9.17, 15) is 4.39 Å². The number of benzene rings is 1. The van der Waals surface area contributed by atoms with Gasteiger partial charge in [-0.1, -0.05) is 5.16 Å². The predicted molar refractivity (Wildman–Crippen MR) is 87.9 cm³/mol. The molecule has 1 aromatic carbocycles. The van der Waals surface area contributed by atoms with Crippen molar-refractivity contribution in [3.05, 3.63) is 48.5 Å². The van der Waals surface area contributed by atoms with Crippen molar-refractivity contribution in [2.45, 2.75) is 12.1 Å². The molecule has 0 saturated carbocycles. The van der Waals surface area contributed by atoms with Crippen LogP contribution in [0.5, 0.6) is 5.75 Å². The molecule has 0 spiro atoms. The fraction of sp³-hybridized carbons (Fsp3) is 0.294. The minimum Gasteiger partial charge on any atom is -0.497 e. The maximum atomic E-state index is 15.3. The first kappa shape index (κ1) is 16.4. The highest BCUT2D eigenvalue weighted by molar-refractivity contribution is 5.55. The summed E-state index contributed by atoms with van der Waals surface area (Å²) in [6.07, 6.45) is 2.38. The first-order valence-electron chi connectivity index (χ1n) is 7.97. The van der Waals surface area contributed by atoms with Gasteiger partial charge in [0.25, 0.3) is 5.89 Å². The Labute approximate surface area is 147 Å². The van der Waals surface area contributed by atoms with Crippen LogP contribution in [-0.4, -0.2) is 40.3 Å². The van der Waals surface area contributed by atoms with Gasteiger partial charge in [0.15, 0.2) is 11.6 Å². The van der Waals surface area contributed by atoms with Crippen molar-refractivity contribution < 1.29 is 18.0 Å². The number of aromatic nitrogens is 4. The van der Waals surface area contributed by atoms with E-state index >= 15 is 4.39 Å². The molecule has 26 heavy (non-hydrogen) atoms. The molecule has 9 heteroatoms. The molecule has 1 saturated heterocycles. The summed E-state index contributed by atoms with van der Waals surface area (Å²) >= 11 is 0. The summed E-state index contributed by atoms with van der Waals surface area (Å²) in [7, 11) is 1.57. The van der Waals surface area contributed by atoms with Gasteiger partial charge in [-0.3, -0.25) is 0 Å². The van der Waals surface area contributed by atoms with Crippen LogP contribution in [0, 0.1) is 5.82 Å². The zero-order valence-corrected chi connectivity index (χ0v) is 13.9. The van der Waals surface area contributed by atoms with E-state index in [4.69, 9.17) is 9.26 Å². The third kappa shape index (κ3) is 2.85. The summed E-state index contributed by atoms with van der Waals surface area (Å²) in [5, 5.41) is 3.86. The van der Waals surface area contributed by atoms with E-state index < -0.39 is 11.5 Å². The highest BCUT2D eigenvalue weighted by Crippen LogP contribution is 2.38. The van der Waals surface area contributed by atoms with Crippen molar-refractivity contribution in [2.75, 3.05) is 25.1 Å². The molecule has 1 aliphatic rings. The Bertz CT molecular complexity index is 918. The summed E-state index contributed by atoms with van der Waals surface area (Å²) in [4.78, 5) is 13.2. The first-order valence-corrected chi connectivity index (χ1v) is 7.97. The maximum Gasteiger partial charge on any atom is 0.266 e. The van der Waals surface area contributed by atoms with Crippen LogP contribution in [0.1, 0.15) is 12.3 Å². The topological polar surface area (TPSA) is 77.2 Å². The molecule has 0 bridgehead atoms. The molecule has 0 amide bonds. The van der Waals surface area contributed by atoms with E-state index in [2.05, 4.69) is 20.1 Å². The normalized spacial score (nSPS) is 19.7. The largest absolute Gasteiger partial charge is 0.497 e. The predicted octanol–water partition coefficient (Wildman–Crippen LogP) is 2.75. The number of halogens is 2. The smallest absolute Gasteiger partial charge is 0.266 e. The molecule has 0 aliphatic carbocycles. The fourth-order valence-corrected chi connectivity index (χ4v) is 2.93. The highest BCUT2D eigenvalue weighted by atomic mass is 19.1. The Morgan fingerprint density at radius 2 is 2.08 bits per heavy atom. The van der Waals surface area contributed by atoms with Crippen LogP contribution < -0.4 is 9.64 Å². The van der Waals surface area contributed by atoms with Crippen LogP contribution in [0.25, 0.3) is 11.4 Å². The van der Waals surface area contributed by atoms with Crippen molar-refractivity contribution in [3.8, 4) is 17.1 Å². The van der Waals surface area contributed by atoms with Crippen LogP contribution in [0.3, 0.4) is 0 Å². The van der Waals surface area contributed by atoms with Crippen molar-refractivity contribution in [3.63, 3.8) is 0 Å². The van der Waals surface area contributed by atoms with Crippen molar-refractivity contribution in [1.29, 1.82) is 0 Å². The van der Waals surface area contributed by atoms with E-state index in [0.717, 1.165) is 6.20 Å². The first-order chi connectivity index (χ1) is 12.6. The molecular formula is C17H15F2N5O2. The lowest BCUT2D eigenvalue weighted by Crippen LogP contribution is -2.28. The third-order valence-electron chi connectivity index (χ3n) is 4.32. The lowest BCUT2D eigenvalue weighted by molar-refractivity contribution is 0.136. The van der Waals surface area contributed by atoms with Crippen molar-refractivity contribution in [2.24, 2.45) is 0 Å². The van der Waals surface area contributed by atoms with Crippen LogP contribution in [0.4, 0.5) is 14.6 Å². The Hall–Kier alpha value is -3.10. The number of nitrogens with zero attached hydrogens (tertiary/aromatic N) is 5. The lowest BCUT2D eigenvalue weighted by atomic mass is 10.1. The second-order valence-electron chi connectivity index (χ2n) is 5.98. The number of ether oxygens (including phenoxy) is 1. The van der Waals surface area contributed by atoms with Crippen molar-refractivity contribution >= 4 is 5.82 Å². The minimum atomic E-state index is -1.87. The SMILES string of the molecule is COc1ccc(-c2noc(C3(F)CCN(c4ncncc4F)C3)n2)cc1. The molecule has 3 heterocycles. The Morgan fingerprint density at radius 3 is 2.81 bits per heavy atom.